The number of carbonyl (C=O) groups is 1. The number of aromatic amines is 1. The molecule has 0 saturated heterocycles. The number of hydrogen-bond acceptors (Lipinski definition) is 4. The number of amides is 1. The third-order valence-corrected chi connectivity index (χ3v) is 4.74. The maximum absolute atomic E-state index is 12.8. The van der Waals surface area contributed by atoms with E-state index in [4.69, 9.17) is 0 Å². The predicted molar refractivity (Wildman–Crippen MR) is 103 cm³/mol. The minimum absolute atomic E-state index is 0.0265. The largest absolute Gasteiger partial charge is 0.355 e. The molecule has 0 aliphatic rings. The van der Waals surface area contributed by atoms with Crippen molar-refractivity contribution in [2.75, 3.05) is 12.3 Å². The van der Waals surface area contributed by atoms with E-state index in [0.29, 0.717) is 41.1 Å². The Bertz CT molecular complexity index is 792. The van der Waals surface area contributed by atoms with Gasteiger partial charge in [0.15, 0.2) is 5.16 Å². The summed E-state index contributed by atoms with van der Waals surface area (Å²) in [5, 5.41) is 3.52. The molecule has 2 heterocycles. The number of aromatic nitrogens is 3. The molecule has 138 valence electrons. The normalized spacial score (nSPS) is 11.6. The molecule has 0 aromatic carbocycles. The first-order valence-electron chi connectivity index (χ1n) is 8.77. The van der Waals surface area contributed by atoms with Crippen LogP contribution in [0.5, 0.6) is 0 Å². The summed E-state index contributed by atoms with van der Waals surface area (Å²) < 4.78 is 1.68. The van der Waals surface area contributed by atoms with Crippen LogP contribution in [0.25, 0.3) is 11.0 Å². The molecule has 0 unspecified atom stereocenters. The van der Waals surface area contributed by atoms with Gasteiger partial charge >= 0.3 is 0 Å². The first-order valence-corrected chi connectivity index (χ1v) is 9.76. The number of nitrogens with zero attached hydrogens (tertiary/aromatic N) is 2. The van der Waals surface area contributed by atoms with Crippen LogP contribution in [0.3, 0.4) is 0 Å². The van der Waals surface area contributed by atoms with Gasteiger partial charge in [-0.1, -0.05) is 39.5 Å². The smallest absolute Gasteiger partial charge is 0.278 e. The zero-order valence-corrected chi connectivity index (χ0v) is 16.5. The van der Waals surface area contributed by atoms with E-state index in [9.17, 15) is 9.59 Å². The Kier molecular flexibility index (Phi) is 6.70. The Labute approximate surface area is 152 Å². The third-order valence-electron chi connectivity index (χ3n) is 3.76. The Morgan fingerprint density at radius 1 is 1.32 bits per heavy atom. The van der Waals surface area contributed by atoms with Crippen LogP contribution in [0, 0.1) is 18.8 Å². The number of thioether (sulfide) groups is 1. The van der Waals surface area contributed by atoms with Crippen LogP contribution in [-0.2, 0) is 11.3 Å². The number of rotatable bonds is 8. The van der Waals surface area contributed by atoms with E-state index in [2.05, 4.69) is 43.0 Å². The summed E-state index contributed by atoms with van der Waals surface area (Å²) in [5.41, 5.74) is 2.02. The molecule has 0 saturated carbocycles. The number of nitrogens with one attached hydrogen (secondary N) is 2. The highest BCUT2D eigenvalue weighted by Crippen LogP contribution is 2.19. The summed E-state index contributed by atoms with van der Waals surface area (Å²) in [4.78, 5) is 32.5. The van der Waals surface area contributed by atoms with E-state index in [1.807, 2.05) is 13.0 Å². The minimum atomic E-state index is -0.0745. The van der Waals surface area contributed by atoms with Crippen LogP contribution >= 0.6 is 11.8 Å². The Hall–Kier alpha value is -1.76. The third kappa shape index (κ3) is 5.36. The molecule has 2 rings (SSSR count). The number of carbonyl (C=O) groups excluding carboxylic acids is 1. The molecule has 2 aromatic heterocycles. The lowest BCUT2D eigenvalue weighted by molar-refractivity contribution is -0.118. The first kappa shape index (κ1) is 19.6. The molecule has 6 nitrogen and oxygen atoms in total. The van der Waals surface area contributed by atoms with Gasteiger partial charge < -0.3 is 10.3 Å². The van der Waals surface area contributed by atoms with Crippen molar-refractivity contribution in [2.24, 2.45) is 11.8 Å². The van der Waals surface area contributed by atoms with E-state index >= 15 is 0 Å². The monoisotopic (exact) mass is 364 g/mol. The van der Waals surface area contributed by atoms with E-state index in [1.165, 1.54) is 11.8 Å². The molecule has 0 fully saturated rings. The molecule has 0 radical (unpaired) electrons. The van der Waals surface area contributed by atoms with Crippen LogP contribution in [0.1, 0.15) is 39.8 Å². The zero-order valence-electron chi connectivity index (χ0n) is 15.7. The second kappa shape index (κ2) is 8.56. The molecule has 1 amide bonds. The fraction of sp³-hybridized carbons (Fsp3) is 0.611. The highest BCUT2D eigenvalue weighted by Gasteiger charge is 2.15. The van der Waals surface area contributed by atoms with Crippen LogP contribution < -0.4 is 10.9 Å². The Morgan fingerprint density at radius 3 is 2.68 bits per heavy atom. The van der Waals surface area contributed by atoms with Gasteiger partial charge in [-0.15, -0.1) is 0 Å². The van der Waals surface area contributed by atoms with Crippen LogP contribution in [0.15, 0.2) is 16.0 Å². The fourth-order valence-corrected chi connectivity index (χ4v) is 3.37. The van der Waals surface area contributed by atoms with E-state index in [-0.39, 0.29) is 17.2 Å². The van der Waals surface area contributed by atoms with Crippen LogP contribution in [0.2, 0.25) is 0 Å². The van der Waals surface area contributed by atoms with Crippen LogP contribution in [0.4, 0.5) is 0 Å². The van der Waals surface area contributed by atoms with Crippen molar-refractivity contribution < 1.29 is 4.79 Å². The molecule has 0 aliphatic heterocycles. The summed E-state index contributed by atoms with van der Waals surface area (Å²) in [5.74, 6) is 1.11. The lowest BCUT2D eigenvalue weighted by Gasteiger charge is -2.14. The summed E-state index contributed by atoms with van der Waals surface area (Å²) in [7, 11) is 0. The SMILES string of the molecule is Cc1cc2nc(SCC(=O)NCCC(C)C)n(CC(C)C)c(=O)c2[nH]1. The van der Waals surface area contributed by atoms with Gasteiger partial charge in [0.05, 0.1) is 11.3 Å². The Morgan fingerprint density at radius 2 is 2.04 bits per heavy atom. The average Bonchev–Trinajstić information content (AvgIpc) is 2.88. The summed E-state index contributed by atoms with van der Waals surface area (Å²) >= 11 is 1.32. The van der Waals surface area contributed by atoms with Crippen molar-refractivity contribution >= 4 is 28.7 Å². The highest BCUT2D eigenvalue weighted by atomic mass is 32.2. The highest BCUT2D eigenvalue weighted by molar-refractivity contribution is 7.99. The van der Waals surface area contributed by atoms with Gasteiger partial charge in [-0.05, 0) is 31.2 Å². The molecule has 7 heteroatoms. The predicted octanol–water partition coefficient (Wildman–Crippen LogP) is 2.94. The van der Waals surface area contributed by atoms with Crippen molar-refractivity contribution in [3.63, 3.8) is 0 Å². The van der Waals surface area contributed by atoms with Gasteiger partial charge in [0.2, 0.25) is 5.91 Å². The number of aryl methyl sites for hydroxylation is 1. The molecule has 2 aromatic rings. The topological polar surface area (TPSA) is 79.8 Å². The molecule has 0 atom stereocenters. The van der Waals surface area contributed by atoms with Gasteiger partial charge in [-0.25, -0.2) is 4.98 Å². The van der Waals surface area contributed by atoms with E-state index in [1.54, 1.807) is 4.57 Å². The standard InChI is InChI=1S/C18H28N4O2S/c1-11(2)6-7-19-15(23)10-25-18-21-14-8-13(5)20-16(14)17(24)22(18)9-12(3)4/h8,11-12,20H,6-7,9-10H2,1-5H3,(H,19,23). The summed E-state index contributed by atoms with van der Waals surface area (Å²) in [6.07, 6.45) is 0.960. The summed E-state index contributed by atoms with van der Waals surface area (Å²) in [6, 6.07) is 1.86. The number of H-pyrrole nitrogens is 1. The second-order valence-corrected chi connectivity index (χ2v) is 8.18. The van der Waals surface area contributed by atoms with Crippen molar-refractivity contribution in [3.8, 4) is 0 Å². The van der Waals surface area contributed by atoms with Gasteiger partial charge in [-0.3, -0.25) is 14.2 Å². The van der Waals surface area contributed by atoms with Crippen molar-refractivity contribution in [1.29, 1.82) is 0 Å². The maximum Gasteiger partial charge on any atom is 0.278 e. The van der Waals surface area contributed by atoms with Gasteiger partial charge in [0, 0.05) is 18.8 Å². The minimum Gasteiger partial charge on any atom is -0.355 e. The molecule has 0 spiro atoms. The van der Waals surface area contributed by atoms with Gasteiger partial charge in [0.1, 0.15) is 5.52 Å². The lowest BCUT2D eigenvalue weighted by Crippen LogP contribution is -2.29. The molecular weight excluding hydrogens is 336 g/mol. The average molecular weight is 365 g/mol. The van der Waals surface area contributed by atoms with E-state index < -0.39 is 0 Å². The maximum atomic E-state index is 12.8. The number of fused-ring (bicyclic) bond motifs is 1. The molecule has 0 aliphatic carbocycles. The molecule has 0 bridgehead atoms. The zero-order chi connectivity index (χ0) is 18.6. The first-order chi connectivity index (χ1) is 11.8. The van der Waals surface area contributed by atoms with Crippen molar-refractivity contribution in [3.05, 3.63) is 22.1 Å². The van der Waals surface area contributed by atoms with E-state index in [0.717, 1.165) is 12.1 Å². The van der Waals surface area contributed by atoms with Gasteiger partial charge in [-0.2, -0.15) is 0 Å². The molecular formula is C18H28N4O2S. The molecule has 25 heavy (non-hydrogen) atoms. The second-order valence-electron chi connectivity index (χ2n) is 7.24. The summed E-state index contributed by atoms with van der Waals surface area (Å²) in [6.45, 7) is 11.5. The fourth-order valence-electron chi connectivity index (χ4n) is 2.53. The molecule has 2 N–H and O–H groups in total. The Balaban J connectivity index is 2.18. The van der Waals surface area contributed by atoms with Gasteiger partial charge in [0.25, 0.3) is 5.56 Å². The quantitative estimate of drug-likeness (QED) is 0.557. The number of hydrogen-bond donors (Lipinski definition) is 2. The van der Waals surface area contributed by atoms with Crippen LogP contribution in [-0.4, -0.2) is 32.7 Å². The van der Waals surface area contributed by atoms with Crippen molar-refractivity contribution in [2.45, 2.75) is 52.7 Å². The van der Waals surface area contributed by atoms with Crippen molar-refractivity contribution in [1.82, 2.24) is 19.9 Å². The lowest BCUT2D eigenvalue weighted by atomic mass is 10.1.